The SMILES string of the molecule is O=C(NC(CCl)c1ccccc1)c1ccc(F)cc1O. The molecule has 0 spiro atoms. The maximum atomic E-state index is 12.9. The van der Waals surface area contributed by atoms with Gasteiger partial charge in [-0.3, -0.25) is 4.79 Å². The van der Waals surface area contributed by atoms with Gasteiger partial charge < -0.3 is 10.4 Å². The molecule has 0 radical (unpaired) electrons. The lowest BCUT2D eigenvalue weighted by Gasteiger charge is -2.17. The van der Waals surface area contributed by atoms with Crippen LogP contribution in [-0.4, -0.2) is 16.9 Å². The van der Waals surface area contributed by atoms with Crippen LogP contribution in [0.5, 0.6) is 5.75 Å². The third-order valence-corrected chi connectivity index (χ3v) is 3.17. The number of phenolic OH excluding ortho intramolecular Hbond substituents is 1. The van der Waals surface area contributed by atoms with Gasteiger partial charge in [0.25, 0.3) is 5.91 Å². The van der Waals surface area contributed by atoms with Crippen LogP contribution in [0.1, 0.15) is 22.0 Å². The molecule has 1 amide bonds. The topological polar surface area (TPSA) is 49.3 Å². The van der Waals surface area contributed by atoms with Crippen LogP contribution in [0.15, 0.2) is 48.5 Å². The molecule has 1 atom stereocenters. The number of benzene rings is 2. The lowest BCUT2D eigenvalue weighted by atomic mass is 10.1. The van der Waals surface area contributed by atoms with Gasteiger partial charge in [-0.05, 0) is 17.7 Å². The Morgan fingerprint density at radius 1 is 1.25 bits per heavy atom. The molecule has 2 rings (SSSR count). The molecule has 5 heteroatoms. The average molecular weight is 294 g/mol. The van der Waals surface area contributed by atoms with Crippen molar-refractivity contribution in [2.45, 2.75) is 6.04 Å². The summed E-state index contributed by atoms with van der Waals surface area (Å²) in [5.41, 5.74) is 0.870. The van der Waals surface area contributed by atoms with Gasteiger partial charge in [-0.25, -0.2) is 4.39 Å². The Labute approximate surface area is 121 Å². The molecule has 1 unspecified atom stereocenters. The van der Waals surface area contributed by atoms with Crippen molar-refractivity contribution in [2.75, 3.05) is 5.88 Å². The quantitative estimate of drug-likeness (QED) is 0.850. The molecular formula is C15H13ClFNO2. The fourth-order valence-electron chi connectivity index (χ4n) is 1.83. The second kappa shape index (κ2) is 6.39. The first-order valence-corrected chi connectivity index (χ1v) is 6.55. The fourth-order valence-corrected chi connectivity index (χ4v) is 2.08. The highest BCUT2D eigenvalue weighted by atomic mass is 35.5. The zero-order chi connectivity index (χ0) is 14.5. The zero-order valence-electron chi connectivity index (χ0n) is 10.5. The van der Waals surface area contributed by atoms with E-state index in [0.717, 1.165) is 17.7 Å². The van der Waals surface area contributed by atoms with Crippen molar-refractivity contribution < 1.29 is 14.3 Å². The smallest absolute Gasteiger partial charge is 0.255 e. The van der Waals surface area contributed by atoms with Gasteiger partial charge in [0.05, 0.1) is 11.6 Å². The van der Waals surface area contributed by atoms with E-state index in [1.54, 1.807) is 0 Å². The first-order valence-electron chi connectivity index (χ1n) is 6.02. The number of halogens is 2. The molecule has 0 saturated carbocycles. The van der Waals surface area contributed by atoms with Gasteiger partial charge in [-0.1, -0.05) is 30.3 Å². The van der Waals surface area contributed by atoms with Gasteiger partial charge in [-0.2, -0.15) is 0 Å². The standard InChI is InChI=1S/C15H13ClFNO2/c16-9-13(10-4-2-1-3-5-10)18-15(20)12-7-6-11(17)8-14(12)19/h1-8,13,19H,9H2,(H,18,20). The Hall–Kier alpha value is -2.07. The number of hydrogen-bond donors (Lipinski definition) is 2. The highest BCUT2D eigenvalue weighted by Crippen LogP contribution is 2.20. The minimum Gasteiger partial charge on any atom is -0.507 e. The van der Waals surface area contributed by atoms with E-state index in [-0.39, 0.29) is 17.5 Å². The van der Waals surface area contributed by atoms with E-state index in [4.69, 9.17) is 11.6 Å². The van der Waals surface area contributed by atoms with Gasteiger partial charge in [0, 0.05) is 11.9 Å². The van der Waals surface area contributed by atoms with Crippen molar-refractivity contribution in [3.63, 3.8) is 0 Å². The molecule has 2 N–H and O–H groups in total. The van der Waals surface area contributed by atoms with E-state index < -0.39 is 17.5 Å². The minimum absolute atomic E-state index is 0.0115. The normalized spacial score (nSPS) is 11.9. The Morgan fingerprint density at radius 3 is 2.55 bits per heavy atom. The van der Waals surface area contributed by atoms with Crippen LogP contribution in [0.2, 0.25) is 0 Å². The summed E-state index contributed by atoms with van der Waals surface area (Å²) in [6.07, 6.45) is 0. The van der Waals surface area contributed by atoms with Crippen LogP contribution in [0.25, 0.3) is 0 Å². The molecule has 2 aromatic carbocycles. The van der Waals surface area contributed by atoms with Crippen molar-refractivity contribution in [3.8, 4) is 5.75 Å². The number of carbonyl (C=O) groups is 1. The number of amides is 1. The molecule has 0 heterocycles. The summed E-state index contributed by atoms with van der Waals surface area (Å²) in [5.74, 6) is -1.31. The van der Waals surface area contributed by atoms with E-state index >= 15 is 0 Å². The molecule has 0 bridgehead atoms. The van der Waals surface area contributed by atoms with Crippen LogP contribution in [0, 0.1) is 5.82 Å². The molecule has 0 aliphatic carbocycles. The molecule has 0 fully saturated rings. The van der Waals surface area contributed by atoms with Crippen molar-refractivity contribution in [1.82, 2.24) is 5.32 Å². The number of carbonyl (C=O) groups excluding carboxylic acids is 1. The van der Waals surface area contributed by atoms with E-state index in [1.807, 2.05) is 30.3 Å². The van der Waals surface area contributed by atoms with Crippen LogP contribution in [0.3, 0.4) is 0 Å². The summed E-state index contributed by atoms with van der Waals surface area (Å²) in [6.45, 7) is 0. The number of nitrogens with one attached hydrogen (secondary N) is 1. The number of rotatable bonds is 4. The van der Waals surface area contributed by atoms with Crippen LogP contribution in [-0.2, 0) is 0 Å². The summed E-state index contributed by atoms with van der Waals surface area (Å²) < 4.78 is 12.9. The molecular weight excluding hydrogens is 281 g/mol. The lowest BCUT2D eigenvalue weighted by Crippen LogP contribution is -2.29. The van der Waals surface area contributed by atoms with Gasteiger partial charge >= 0.3 is 0 Å². The Balaban J connectivity index is 2.17. The number of alkyl halides is 1. The van der Waals surface area contributed by atoms with Crippen molar-refractivity contribution in [2.24, 2.45) is 0 Å². The maximum absolute atomic E-state index is 12.9. The molecule has 0 saturated heterocycles. The van der Waals surface area contributed by atoms with Gasteiger partial charge in [0.2, 0.25) is 0 Å². The molecule has 3 nitrogen and oxygen atoms in total. The molecule has 104 valence electrons. The largest absolute Gasteiger partial charge is 0.507 e. The van der Waals surface area contributed by atoms with Crippen molar-refractivity contribution in [1.29, 1.82) is 0 Å². The summed E-state index contributed by atoms with van der Waals surface area (Å²) in [4.78, 5) is 12.1. The summed E-state index contributed by atoms with van der Waals surface area (Å²) in [5, 5.41) is 12.3. The highest BCUT2D eigenvalue weighted by molar-refractivity contribution is 6.18. The fraction of sp³-hybridized carbons (Fsp3) is 0.133. The summed E-state index contributed by atoms with van der Waals surface area (Å²) in [7, 11) is 0. The molecule has 0 aliphatic rings. The van der Waals surface area contributed by atoms with Crippen LogP contribution < -0.4 is 5.32 Å². The molecule has 0 aromatic heterocycles. The van der Waals surface area contributed by atoms with Gasteiger partial charge in [0.15, 0.2) is 0 Å². The van der Waals surface area contributed by atoms with Gasteiger partial charge in [-0.15, -0.1) is 11.6 Å². The van der Waals surface area contributed by atoms with E-state index in [2.05, 4.69) is 5.32 Å². The third-order valence-electron chi connectivity index (χ3n) is 2.87. The predicted molar refractivity (Wildman–Crippen MR) is 75.4 cm³/mol. The van der Waals surface area contributed by atoms with Crippen LogP contribution >= 0.6 is 11.6 Å². The number of hydrogen-bond acceptors (Lipinski definition) is 2. The third kappa shape index (κ3) is 3.27. The monoisotopic (exact) mass is 293 g/mol. The van der Waals surface area contributed by atoms with E-state index in [1.165, 1.54) is 6.07 Å². The zero-order valence-corrected chi connectivity index (χ0v) is 11.3. The average Bonchev–Trinajstić information content (AvgIpc) is 2.45. The summed E-state index contributed by atoms with van der Waals surface area (Å²) >= 11 is 5.86. The maximum Gasteiger partial charge on any atom is 0.255 e. The van der Waals surface area contributed by atoms with E-state index in [9.17, 15) is 14.3 Å². The van der Waals surface area contributed by atoms with Crippen molar-refractivity contribution in [3.05, 3.63) is 65.5 Å². The first kappa shape index (κ1) is 14.3. The molecule has 2 aromatic rings. The number of aromatic hydroxyl groups is 1. The Bertz CT molecular complexity index is 604. The second-order valence-corrected chi connectivity index (χ2v) is 4.56. The Kier molecular flexibility index (Phi) is 4.58. The summed E-state index contributed by atoms with van der Waals surface area (Å²) in [6, 6.07) is 12.1. The molecule has 20 heavy (non-hydrogen) atoms. The Morgan fingerprint density at radius 2 is 1.95 bits per heavy atom. The lowest BCUT2D eigenvalue weighted by molar-refractivity contribution is 0.0937. The van der Waals surface area contributed by atoms with Gasteiger partial charge in [0.1, 0.15) is 11.6 Å². The number of phenols is 1. The van der Waals surface area contributed by atoms with Crippen LogP contribution in [0.4, 0.5) is 4.39 Å². The predicted octanol–water partition coefficient (Wildman–Crippen LogP) is 3.24. The first-order chi connectivity index (χ1) is 9.61. The van der Waals surface area contributed by atoms with E-state index in [0.29, 0.717) is 0 Å². The van der Waals surface area contributed by atoms with Crippen molar-refractivity contribution >= 4 is 17.5 Å². The minimum atomic E-state index is -0.601. The molecule has 0 aliphatic heterocycles. The second-order valence-electron chi connectivity index (χ2n) is 4.25. The highest BCUT2D eigenvalue weighted by Gasteiger charge is 2.17.